The minimum absolute atomic E-state index is 0.160. The number of pyridine rings is 1. The quantitative estimate of drug-likeness (QED) is 0.578. The molecule has 34 heavy (non-hydrogen) atoms. The molecule has 2 aromatic rings. The normalized spacial score (nSPS) is 21.6. The van der Waals surface area contributed by atoms with Crippen LogP contribution in [0.2, 0.25) is 0 Å². The van der Waals surface area contributed by atoms with E-state index in [2.05, 4.69) is 15.0 Å². The van der Waals surface area contributed by atoms with Gasteiger partial charge >= 0.3 is 6.18 Å². The standard InChI is InChI=1S/C24H30F3N3O3S/c1-14(19-11-12-20(15(2)28-19)30-34(6,32)33)29-21(31)18-13-23(18,5)17-9-7-16(8-10-17)22(3,4)24(25,26)27/h7-12,14,18,30H,13H2,1-6H3,(H,29,31)/t14?,18-,23?/m0/s1. The van der Waals surface area contributed by atoms with Crippen LogP contribution in [-0.4, -0.2) is 31.7 Å². The predicted molar refractivity (Wildman–Crippen MR) is 125 cm³/mol. The van der Waals surface area contributed by atoms with Crippen molar-refractivity contribution in [1.82, 2.24) is 10.3 Å². The molecule has 1 fully saturated rings. The molecule has 1 aromatic carbocycles. The fourth-order valence-corrected chi connectivity index (χ4v) is 4.63. The first kappa shape index (κ1) is 26.0. The summed E-state index contributed by atoms with van der Waals surface area (Å²) in [5.41, 5.74) is 0.0479. The Morgan fingerprint density at radius 3 is 2.24 bits per heavy atom. The second-order valence-electron chi connectivity index (χ2n) is 9.85. The maximum Gasteiger partial charge on any atom is 0.397 e. The van der Waals surface area contributed by atoms with Crippen LogP contribution in [0, 0.1) is 12.8 Å². The van der Waals surface area contributed by atoms with Gasteiger partial charge in [0.15, 0.2) is 0 Å². The molecule has 1 saturated carbocycles. The molecule has 186 valence electrons. The Kier molecular flexibility index (Phi) is 6.54. The summed E-state index contributed by atoms with van der Waals surface area (Å²) in [5, 5.41) is 2.94. The van der Waals surface area contributed by atoms with E-state index in [-0.39, 0.29) is 17.4 Å². The number of carbonyl (C=O) groups excluding carboxylic acids is 1. The Balaban J connectivity index is 1.68. The number of hydrogen-bond acceptors (Lipinski definition) is 4. The highest BCUT2D eigenvalue weighted by atomic mass is 32.2. The highest BCUT2D eigenvalue weighted by Gasteiger charge is 2.56. The molecular formula is C24H30F3N3O3S. The van der Waals surface area contributed by atoms with Crippen LogP contribution in [0.1, 0.15) is 62.7 Å². The smallest absolute Gasteiger partial charge is 0.348 e. The zero-order chi connectivity index (χ0) is 25.7. The molecule has 2 unspecified atom stereocenters. The van der Waals surface area contributed by atoms with Gasteiger partial charge in [-0.15, -0.1) is 0 Å². The molecule has 1 aliphatic carbocycles. The first-order chi connectivity index (χ1) is 15.5. The van der Waals surface area contributed by atoms with E-state index in [0.29, 0.717) is 23.5 Å². The lowest BCUT2D eigenvalue weighted by atomic mass is 9.82. The summed E-state index contributed by atoms with van der Waals surface area (Å²) >= 11 is 0. The van der Waals surface area contributed by atoms with Crippen molar-refractivity contribution in [2.24, 2.45) is 5.92 Å². The number of aryl methyl sites for hydroxylation is 1. The Morgan fingerprint density at radius 2 is 1.74 bits per heavy atom. The van der Waals surface area contributed by atoms with Crippen molar-refractivity contribution in [3.05, 3.63) is 58.9 Å². The van der Waals surface area contributed by atoms with E-state index in [4.69, 9.17) is 0 Å². The number of nitrogens with zero attached hydrogens (tertiary/aromatic N) is 1. The fraction of sp³-hybridized carbons (Fsp3) is 0.500. The number of alkyl halides is 3. The summed E-state index contributed by atoms with van der Waals surface area (Å²) in [6.45, 7) is 7.69. The van der Waals surface area contributed by atoms with E-state index in [0.717, 1.165) is 25.7 Å². The Labute approximate surface area is 198 Å². The van der Waals surface area contributed by atoms with Crippen LogP contribution in [0.4, 0.5) is 18.9 Å². The molecule has 3 atom stereocenters. The second kappa shape index (κ2) is 8.55. The van der Waals surface area contributed by atoms with Gasteiger partial charge in [-0.3, -0.25) is 14.5 Å². The van der Waals surface area contributed by atoms with Crippen LogP contribution in [0.5, 0.6) is 0 Å². The number of halogens is 3. The first-order valence-corrected chi connectivity index (χ1v) is 12.8. The van der Waals surface area contributed by atoms with Gasteiger partial charge in [0, 0.05) is 11.3 Å². The van der Waals surface area contributed by atoms with Gasteiger partial charge in [-0.25, -0.2) is 8.42 Å². The van der Waals surface area contributed by atoms with Crippen LogP contribution < -0.4 is 10.0 Å². The second-order valence-corrected chi connectivity index (χ2v) is 11.6. The van der Waals surface area contributed by atoms with Gasteiger partial charge in [-0.1, -0.05) is 31.2 Å². The number of rotatable bonds is 7. The van der Waals surface area contributed by atoms with E-state index in [1.54, 1.807) is 38.1 Å². The van der Waals surface area contributed by atoms with E-state index < -0.39 is 33.1 Å². The summed E-state index contributed by atoms with van der Waals surface area (Å²) in [5.74, 6) is -0.462. The van der Waals surface area contributed by atoms with Crippen molar-refractivity contribution in [2.75, 3.05) is 11.0 Å². The zero-order valence-corrected chi connectivity index (χ0v) is 20.9. The van der Waals surface area contributed by atoms with Gasteiger partial charge in [0.25, 0.3) is 0 Å². The largest absolute Gasteiger partial charge is 0.397 e. The number of benzene rings is 1. The van der Waals surface area contributed by atoms with Gasteiger partial charge < -0.3 is 5.32 Å². The number of sulfonamides is 1. The third-order valence-corrected chi connectivity index (χ3v) is 7.32. The molecule has 0 radical (unpaired) electrons. The van der Waals surface area contributed by atoms with Crippen molar-refractivity contribution in [2.45, 2.75) is 64.1 Å². The molecule has 0 bridgehead atoms. The molecule has 0 spiro atoms. The van der Waals surface area contributed by atoms with E-state index >= 15 is 0 Å². The third kappa shape index (κ3) is 5.21. The summed E-state index contributed by atoms with van der Waals surface area (Å²) in [7, 11) is -3.43. The van der Waals surface area contributed by atoms with Crippen molar-refractivity contribution < 1.29 is 26.4 Å². The van der Waals surface area contributed by atoms with E-state index in [1.165, 1.54) is 12.1 Å². The van der Waals surface area contributed by atoms with E-state index in [1.807, 2.05) is 6.92 Å². The summed E-state index contributed by atoms with van der Waals surface area (Å²) in [6.07, 6.45) is -2.71. The predicted octanol–water partition coefficient (Wildman–Crippen LogP) is 4.76. The van der Waals surface area contributed by atoms with Crippen LogP contribution >= 0.6 is 0 Å². The number of hydrogen-bond donors (Lipinski definition) is 2. The van der Waals surface area contributed by atoms with Gasteiger partial charge in [0.2, 0.25) is 15.9 Å². The Bertz CT molecular complexity index is 1190. The molecule has 1 aromatic heterocycles. The van der Waals surface area contributed by atoms with Gasteiger partial charge in [-0.2, -0.15) is 13.2 Å². The molecule has 1 aliphatic rings. The third-order valence-electron chi connectivity index (χ3n) is 6.73. The zero-order valence-electron chi connectivity index (χ0n) is 20.0. The Hall–Kier alpha value is -2.62. The molecule has 2 N–H and O–H groups in total. The number of nitrogens with one attached hydrogen (secondary N) is 2. The maximum atomic E-state index is 13.3. The van der Waals surface area contributed by atoms with Crippen molar-refractivity contribution >= 4 is 21.6 Å². The molecule has 3 rings (SSSR count). The summed E-state index contributed by atoms with van der Waals surface area (Å²) in [4.78, 5) is 17.3. The molecule has 6 nitrogen and oxygen atoms in total. The average molecular weight is 498 g/mol. The molecular weight excluding hydrogens is 467 g/mol. The minimum atomic E-state index is -4.36. The molecule has 1 amide bonds. The monoisotopic (exact) mass is 497 g/mol. The number of amides is 1. The van der Waals surface area contributed by atoms with Crippen molar-refractivity contribution in [3.8, 4) is 0 Å². The lowest BCUT2D eigenvalue weighted by molar-refractivity contribution is -0.180. The van der Waals surface area contributed by atoms with Crippen LogP contribution in [0.15, 0.2) is 36.4 Å². The highest BCUT2D eigenvalue weighted by molar-refractivity contribution is 7.92. The lowest BCUT2D eigenvalue weighted by Crippen LogP contribution is -2.36. The number of aromatic nitrogens is 1. The van der Waals surface area contributed by atoms with Crippen LogP contribution in [-0.2, 0) is 25.6 Å². The SMILES string of the molecule is Cc1nc(C(C)NC(=O)[C@@H]2CC2(C)c2ccc(C(C)(C)C(F)(F)F)cc2)ccc1NS(C)(=O)=O. The summed E-state index contributed by atoms with van der Waals surface area (Å²) < 4.78 is 65.3. The maximum absolute atomic E-state index is 13.3. The molecule has 0 saturated heterocycles. The van der Waals surface area contributed by atoms with Crippen LogP contribution in [0.25, 0.3) is 0 Å². The van der Waals surface area contributed by atoms with Crippen molar-refractivity contribution in [1.29, 1.82) is 0 Å². The fourth-order valence-electron chi connectivity index (χ4n) is 4.01. The highest BCUT2D eigenvalue weighted by Crippen LogP contribution is 2.54. The Morgan fingerprint density at radius 1 is 1.15 bits per heavy atom. The number of carbonyl (C=O) groups is 1. The number of anilines is 1. The van der Waals surface area contributed by atoms with Gasteiger partial charge in [0.05, 0.1) is 34.8 Å². The summed E-state index contributed by atoms with van der Waals surface area (Å²) in [6, 6.07) is 9.19. The topological polar surface area (TPSA) is 88.2 Å². The van der Waals surface area contributed by atoms with Crippen molar-refractivity contribution in [3.63, 3.8) is 0 Å². The molecule has 10 heteroatoms. The molecule has 1 heterocycles. The van der Waals surface area contributed by atoms with Gasteiger partial charge in [-0.05, 0) is 57.4 Å². The lowest BCUT2D eigenvalue weighted by Gasteiger charge is -2.28. The first-order valence-electron chi connectivity index (χ1n) is 10.9. The van der Waals surface area contributed by atoms with Gasteiger partial charge in [0.1, 0.15) is 0 Å². The van der Waals surface area contributed by atoms with Crippen LogP contribution in [0.3, 0.4) is 0 Å². The minimum Gasteiger partial charge on any atom is -0.348 e. The molecule has 0 aliphatic heterocycles. The average Bonchev–Trinajstić information content (AvgIpc) is 3.41. The van der Waals surface area contributed by atoms with E-state index in [9.17, 15) is 26.4 Å².